The Morgan fingerprint density at radius 1 is 1.08 bits per heavy atom. The Morgan fingerprint density at radius 3 is 2.46 bits per heavy atom. The van der Waals surface area contributed by atoms with Crippen LogP contribution in [-0.4, -0.2) is 11.7 Å². The third kappa shape index (κ3) is 4.15. The molecule has 0 spiro atoms. The van der Waals surface area contributed by atoms with Crippen molar-refractivity contribution in [3.05, 3.63) is 67.1 Å². The van der Waals surface area contributed by atoms with Gasteiger partial charge in [0.25, 0.3) is 0 Å². The minimum Gasteiger partial charge on any atom is -0.487 e. The van der Waals surface area contributed by atoms with Gasteiger partial charge in [-0.1, -0.05) is 57.6 Å². The number of carbonyl (C=O) groups excluding carboxylic acids is 1. The maximum Gasteiger partial charge on any atom is 0.367 e. The predicted molar refractivity (Wildman–Crippen MR) is 104 cm³/mol. The quantitative estimate of drug-likeness (QED) is 0.428. The van der Waals surface area contributed by atoms with Crippen molar-refractivity contribution in [2.75, 3.05) is 0 Å². The molecule has 1 heterocycles. The highest BCUT2D eigenvalue weighted by Gasteiger charge is 2.23. The first-order valence-corrected chi connectivity index (χ1v) is 8.90. The van der Waals surface area contributed by atoms with Gasteiger partial charge in [-0.3, -0.25) is 0 Å². The van der Waals surface area contributed by atoms with Crippen molar-refractivity contribution < 1.29 is 14.4 Å². The van der Waals surface area contributed by atoms with Crippen LogP contribution in [0.15, 0.2) is 41.1 Å². The number of hydrogen-bond acceptors (Lipinski definition) is 4. The Bertz CT molecular complexity index is 954. The monoisotopic (exact) mass is 429 g/mol. The molecule has 26 heavy (non-hydrogen) atoms. The molecule has 0 atom stereocenters. The molecule has 0 aromatic heterocycles. The van der Waals surface area contributed by atoms with Crippen LogP contribution in [0, 0.1) is 0 Å². The molecular formula is C18H11Cl4NO3. The largest absolute Gasteiger partial charge is 0.487 e. The molecule has 8 heteroatoms. The maximum atomic E-state index is 11.8. The first-order valence-electron chi connectivity index (χ1n) is 7.39. The summed E-state index contributed by atoms with van der Waals surface area (Å²) < 4.78 is 5.86. The van der Waals surface area contributed by atoms with Gasteiger partial charge in [-0.2, -0.15) is 0 Å². The second kappa shape index (κ2) is 7.89. The zero-order valence-corrected chi connectivity index (χ0v) is 16.4. The van der Waals surface area contributed by atoms with Gasteiger partial charge in [0.05, 0.1) is 16.3 Å². The molecule has 3 rings (SSSR count). The van der Waals surface area contributed by atoms with Gasteiger partial charge in [-0.25, -0.2) is 4.79 Å². The van der Waals surface area contributed by atoms with Crippen LogP contribution in [0.5, 0.6) is 5.75 Å². The fourth-order valence-corrected chi connectivity index (χ4v) is 3.33. The molecule has 4 nitrogen and oxygen atoms in total. The topological polar surface area (TPSA) is 47.9 Å². The van der Waals surface area contributed by atoms with E-state index in [1.165, 1.54) is 0 Å². The lowest BCUT2D eigenvalue weighted by Gasteiger charge is -2.13. The van der Waals surface area contributed by atoms with E-state index in [-0.39, 0.29) is 6.61 Å². The van der Waals surface area contributed by atoms with E-state index in [4.69, 9.17) is 51.1 Å². The van der Waals surface area contributed by atoms with Gasteiger partial charge in [0, 0.05) is 26.2 Å². The van der Waals surface area contributed by atoms with Crippen molar-refractivity contribution >= 4 is 64.2 Å². The van der Waals surface area contributed by atoms with Gasteiger partial charge in [-0.15, -0.1) is 0 Å². The Balaban J connectivity index is 1.95. The molecule has 2 aromatic carbocycles. The summed E-state index contributed by atoms with van der Waals surface area (Å²) in [5, 5.41) is 5.36. The SMILES string of the molecule is CC1=NOC(=O)/C1=C\c1cc(Cl)cc(Cl)c1OCc1ccc(Cl)cc1Cl. The number of oxime groups is 1. The van der Waals surface area contributed by atoms with E-state index in [0.29, 0.717) is 42.7 Å². The summed E-state index contributed by atoms with van der Waals surface area (Å²) in [4.78, 5) is 16.4. The second-order valence-corrected chi connectivity index (χ2v) is 7.13. The van der Waals surface area contributed by atoms with Crippen molar-refractivity contribution in [2.24, 2.45) is 5.16 Å². The minimum atomic E-state index is -0.551. The van der Waals surface area contributed by atoms with E-state index in [1.54, 1.807) is 43.3 Å². The number of benzene rings is 2. The van der Waals surface area contributed by atoms with Crippen LogP contribution in [-0.2, 0) is 16.2 Å². The first kappa shape index (κ1) is 19.1. The van der Waals surface area contributed by atoms with Gasteiger partial charge in [0.1, 0.15) is 12.4 Å². The average Bonchev–Trinajstić information content (AvgIpc) is 2.87. The number of halogens is 4. The van der Waals surface area contributed by atoms with E-state index in [9.17, 15) is 4.79 Å². The van der Waals surface area contributed by atoms with Gasteiger partial charge in [-0.05, 0) is 37.3 Å². The van der Waals surface area contributed by atoms with Crippen molar-refractivity contribution in [1.29, 1.82) is 0 Å². The molecule has 134 valence electrons. The van der Waals surface area contributed by atoms with Crippen molar-refractivity contribution in [3.63, 3.8) is 0 Å². The van der Waals surface area contributed by atoms with Crippen LogP contribution < -0.4 is 4.74 Å². The Kier molecular flexibility index (Phi) is 5.78. The number of rotatable bonds is 4. The molecule has 0 saturated heterocycles. The van der Waals surface area contributed by atoms with E-state index in [0.717, 1.165) is 5.56 Å². The summed E-state index contributed by atoms with van der Waals surface area (Å²) in [7, 11) is 0. The molecule has 0 N–H and O–H groups in total. The highest BCUT2D eigenvalue weighted by Crippen LogP contribution is 2.35. The molecule has 0 amide bonds. The molecular weight excluding hydrogens is 420 g/mol. The Labute approximate surface area is 169 Å². The number of carbonyl (C=O) groups is 1. The molecule has 0 radical (unpaired) electrons. The third-order valence-corrected chi connectivity index (χ3v) is 4.69. The van der Waals surface area contributed by atoms with Crippen molar-refractivity contribution in [1.82, 2.24) is 0 Å². The minimum absolute atomic E-state index is 0.158. The van der Waals surface area contributed by atoms with E-state index >= 15 is 0 Å². The van der Waals surface area contributed by atoms with Crippen LogP contribution in [0.3, 0.4) is 0 Å². The molecule has 0 fully saturated rings. The third-order valence-electron chi connectivity index (χ3n) is 3.60. The predicted octanol–water partition coefficient (Wildman–Crippen LogP) is 6.20. The molecule has 2 aromatic rings. The van der Waals surface area contributed by atoms with E-state index in [2.05, 4.69) is 9.99 Å². The fourth-order valence-electron chi connectivity index (χ4n) is 2.30. The van der Waals surface area contributed by atoms with Gasteiger partial charge < -0.3 is 9.57 Å². The lowest BCUT2D eigenvalue weighted by Crippen LogP contribution is -2.03. The van der Waals surface area contributed by atoms with Crippen LogP contribution in [0.1, 0.15) is 18.1 Å². The maximum absolute atomic E-state index is 11.8. The molecule has 1 aliphatic rings. The number of hydrogen-bond donors (Lipinski definition) is 0. The van der Waals surface area contributed by atoms with Crippen LogP contribution in [0.25, 0.3) is 6.08 Å². The van der Waals surface area contributed by atoms with Gasteiger partial charge in [0.2, 0.25) is 0 Å². The average molecular weight is 431 g/mol. The standard InChI is InChI=1S/C18H11Cl4NO3/c1-9-14(18(24)26-23-9)5-11-4-13(20)7-16(22)17(11)25-8-10-2-3-12(19)6-15(10)21/h2-7H,8H2,1H3/b14-5-. The molecule has 0 bridgehead atoms. The lowest BCUT2D eigenvalue weighted by atomic mass is 10.1. The summed E-state index contributed by atoms with van der Waals surface area (Å²) in [5.41, 5.74) is 2.02. The van der Waals surface area contributed by atoms with Crippen molar-refractivity contribution in [2.45, 2.75) is 13.5 Å². The zero-order chi connectivity index (χ0) is 18.8. The lowest BCUT2D eigenvalue weighted by molar-refractivity contribution is -0.136. The number of ether oxygens (including phenoxy) is 1. The van der Waals surface area contributed by atoms with Gasteiger partial charge in [0.15, 0.2) is 0 Å². The summed E-state index contributed by atoms with van der Waals surface area (Å²) >= 11 is 24.4. The Morgan fingerprint density at radius 2 is 1.81 bits per heavy atom. The zero-order valence-electron chi connectivity index (χ0n) is 13.4. The normalized spacial score (nSPS) is 15.2. The van der Waals surface area contributed by atoms with Gasteiger partial charge >= 0.3 is 5.97 Å². The summed E-state index contributed by atoms with van der Waals surface area (Å²) in [5.74, 6) is -0.188. The van der Waals surface area contributed by atoms with Crippen LogP contribution in [0.4, 0.5) is 0 Å². The van der Waals surface area contributed by atoms with Crippen LogP contribution >= 0.6 is 46.4 Å². The number of nitrogens with zero attached hydrogens (tertiary/aromatic N) is 1. The van der Waals surface area contributed by atoms with Crippen molar-refractivity contribution in [3.8, 4) is 5.75 Å². The highest BCUT2D eigenvalue weighted by atomic mass is 35.5. The molecule has 1 aliphatic heterocycles. The summed E-state index contributed by atoms with van der Waals surface area (Å²) in [6.07, 6.45) is 1.57. The smallest absolute Gasteiger partial charge is 0.367 e. The second-order valence-electron chi connectivity index (χ2n) is 5.44. The summed E-state index contributed by atoms with van der Waals surface area (Å²) in [6.45, 7) is 1.82. The molecule has 0 saturated carbocycles. The summed E-state index contributed by atoms with van der Waals surface area (Å²) in [6, 6.07) is 8.29. The Hall–Kier alpha value is -1.72. The fraction of sp³-hybridized carbons (Fsp3) is 0.111. The highest BCUT2D eigenvalue weighted by molar-refractivity contribution is 6.36. The first-order chi connectivity index (χ1) is 12.3. The van der Waals surface area contributed by atoms with E-state index in [1.807, 2.05) is 0 Å². The van der Waals surface area contributed by atoms with E-state index < -0.39 is 5.97 Å². The molecule has 0 unspecified atom stereocenters. The van der Waals surface area contributed by atoms with Crippen LogP contribution in [0.2, 0.25) is 20.1 Å². The molecule has 0 aliphatic carbocycles.